The molecule has 0 N–H and O–H groups in total. The molecular weight excluding hydrogens is 426 g/mol. The van der Waals surface area contributed by atoms with E-state index in [0.29, 0.717) is 23.9 Å². The normalized spacial score (nSPS) is 21.0. The van der Waals surface area contributed by atoms with E-state index in [1.807, 2.05) is 6.92 Å². The van der Waals surface area contributed by atoms with Gasteiger partial charge in [-0.25, -0.2) is 16.8 Å². The number of unbranched alkanes of at least 4 members (excludes halogenated alkanes) is 1. The standard InChI is InChI=1S/C14H19BrClNO4S2/c1-2-3-7-17(12-6-8-22(18,19)10-12)23(20,21)14-5-4-11(15)9-13(14)16/h4-5,9,12H,2-3,6-8,10H2,1H3. The summed E-state index contributed by atoms with van der Waals surface area (Å²) in [6.07, 6.45) is 1.82. The highest BCUT2D eigenvalue weighted by atomic mass is 79.9. The molecule has 1 fully saturated rings. The van der Waals surface area contributed by atoms with Gasteiger partial charge in [-0.15, -0.1) is 0 Å². The van der Waals surface area contributed by atoms with Crippen molar-refractivity contribution < 1.29 is 16.8 Å². The summed E-state index contributed by atoms with van der Waals surface area (Å²) in [6.45, 7) is 2.26. The lowest BCUT2D eigenvalue weighted by molar-refractivity contribution is 0.335. The molecule has 0 bridgehead atoms. The molecule has 1 unspecified atom stereocenters. The van der Waals surface area contributed by atoms with Crippen LogP contribution in [0.4, 0.5) is 0 Å². The molecule has 0 radical (unpaired) electrons. The van der Waals surface area contributed by atoms with Gasteiger partial charge in [0.1, 0.15) is 4.90 Å². The van der Waals surface area contributed by atoms with Crippen LogP contribution in [0.25, 0.3) is 0 Å². The second-order valence-corrected chi connectivity index (χ2v) is 11.0. The molecule has 1 atom stereocenters. The second kappa shape index (κ2) is 7.39. The highest BCUT2D eigenvalue weighted by molar-refractivity contribution is 9.10. The Bertz CT molecular complexity index is 780. The number of benzene rings is 1. The third-order valence-corrected chi connectivity index (χ3v) is 8.51. The predicted molar refractivity (Wildman–Crippen MR) is 95.0 cm³/mol. The largest absolute Gasteiger partial charge is 0.244 e. The van der Waals surface area contributed by atoms with Gasteiger partial charge in [-0.1, -0.05) is 40.9 Å². The van der Waals surface area contributed by atoms with Crippen LogP contribution in [0, 0.1) is 0 Å². The molecule has 2 rings (SSSR count). The minimum absolute atomic E-state index is 0.0165. The van der Waals surface area contributed by atoms with Gasteiger partial charge in [0, 0.05) is 17.1 Å². The minimum atomic E-state index is -3.84. The zero-order valence-electron chi connectivity index (χ0n) is 12.7. The first-order valence-electron chi connectivity index (χ1n) is 7.34. The van der Waals surface area contributed by atoms with Crippen LogP contribution in [0.3, 0.4) is 0 Å². The first-order valence-corrected chi connectivity index (χ1v) is 11.8. The van der Waals surface area contributed by atoms with E-state index in [0.717, 1.165) is 6.42 Å². The lowest BCUT2D eigenvalue weighted by Crippen LogP contribution is -2.41. The van der Waals surface area contributed by atoms with Gasteiger partial charge in [-0.2, -0.15) is 4.31 Å². The van der Waals surface area contributed by atoms with Crippen LogP contribution in [-0.2, 0) is 19.9 Å². The lowest BCUT2D eigenvalue weighted by atomic mass is 10.2. The number of hydrogen-bond acceptors (Lipinski definition) is 4. The zero-order valence-corrected chi connectivity index (χ0v) is 16.7. The van der Waals surface area contributed by atoms with Crippen molar-refractivity contribution in [3.8, 4) is 0 Å². The average Bonchev–Trinajstić information content (AvgIpc) is 2.78. The van der Waals surface area contributed by atoms with Crippen LogP contribution >= 0.6 is 27.5 Å². The van der Waals surface area contributed by atoms with Gasteiger partial charge in [0.25, 0.3) is 0 Å². The van der Waals surface area contributed by atoms with Crippen LogP contribution in [0.1, 0.15) is 26.2 Å². The predicted octanol–water partition coefficient (Wildman–Crippen LogP) is 3.08. The fourth-order valence-corrected chi connectivity index (χ4v) is 7.16. The molecular formula is C14H19BrClNO4S2. The molecule has 1 saturated heterocycles. The fraction of sp³-hybridized carbons (Fsp3) is 0.571. The van der Waals surface area contributed by atoms with Gasteiger partial charge in [-0.05, 0) is 31.0 Å². The Balaban J connectivity index is 2.41. The third kappa shape index (κ3) is 4.48. The molecule has 1 aliphatic heterocycles. The minimum Gasteiger partial charge on any atom is -0.229 e. The van der Waals surface area contributed by atoms with Crippen molar-refractivity contribution in [1.82, 2.24) is 4.31 Å². The van der Waals surface area contributed by atoms with Gasteiger partial charge >= 0.3 is 0 Å². The fourth-order valence-electron chi connectivity index (χ4n) is 2.63. The van der Waals surface area contributed by atoms with E-state index >= 15 is 0 Å². The van der Waals surface area contributed by atoms with Gasteiger partial charge in [-0.3, -0.25) is 0 Å². The molecule has 0 aliphatic carbocycles. The van der Waals surface area contributed by atoms with Crippen molar-refractivity contribution in [1.29, 1.82) is 0 Å². The quantitative estimate of drug-likeness (QED) is 0.676. The Hall–Kier alpha value is -0.150. The molecule has 0 amide bonds. The summed E-state index contributed by atoms with van der Waals surface area (Å²) in [5.74, 6) is -0.0893. The molecule has 1 aliphatic rings. The van der Waals surface area contributed by atoms with Crippen LogP contribution in [0.5, 0.6) is 0 Å². The molecule has 23 heavy (non-hydrogen) atoms. The van der Waals surface area contributed by atoms with Crippen LogP contribution in [0.2, 0.25) is 5.02 Å². The van der Waals surface area contributed by atoms with Crippen LogP contribution in [-0.4, -0.2) is 45.2 Å². The summed E-state index contributed by atoms with van der Waals surface area (Å²) >= 11 is 9.35. The third-order valence-electron chi connectivity index (χ3n) is 3.83. The topological polar surface area (TPSA) is 71.5 Å². The summed E-state index contributed by atoms with van der Waals surface area (Å²) in [5, 5.41) is 0.127. The monoisotopic (exact) mass is 443 g/mol. The maximum Gasteiger partial charge on any atom is 0.244 e. The summed E-state index contributed by atoms with van der Waals surface area (Å²) < 4.78 is 51.5. The lowest BCUT2D eigenvalue weighted by Gasteiger charge is -2.27. The van der Waals surface area contributed by atoms with E-state index < -0.39 is 25.9 Å². The SMILES string of the molecule is CCCCN(C1CCS(=O)(=O)C1)S(=O)(=O)c1ccc(Br)cc1Cl. The summed E-state index contributed by atoms with van der Waals surface area (Å²) in [7, 11) is -7.01. The molecule has 1 aromatic carbocycles. The first kappa shape index (κ1) is 19.2. The first-order chi connectivity index (χ1) is 10.7. The number of halogens is 2. The maximum atomic E-state index is 13.0. The van der Waals surface area contributed by atoms with Crippen molar-refractivity contribution in [2.45, 2.75) is 37.1 Å². The highest BCUT2D eigenvalue weighted by Gasteiger charge is 2.39. The van der Waals surface area contributed by atoms with Crippen LogP contribution in [0.15, 0.2) is 27.6 Å². The molecule has 0 aromatic heterocycles. The second-order valence-electron chi connectivity index (χ2n) is 5.60. The van der Waals surface area contributed by atoms with Crippen molar-refractivity contribution in [2.24, 2.45) is 0 Å². The highest BCUT2D eigenvalue weighted by Crippen LogP contribution is 2.31. The Labute approximate surface area is 151 Å². The smallest absolute Gasteiger partial charge is 0.229 e. The van der Waals surface area contributed by atoms with Crippen molar-refractivity contribution in [3.63, 3.8) is 0 Å². The number of sulfonamides is 1. The molecule has 1 aromatic rings. The number of sulfone groups is 1. The molecule has 0 saturated carbocycles. The van der Waals surface area contributed by atoms with E-state index in [-0.39, 0.29) is 21.4 Å². The van der Waals surface area contributed by atoms with E-state index in [1.54, 1.807) is 6.07 Å². The van der Waals surface area contributed by atoms with Crippen molar-refractivity contribution in [2.75, 3.05) is 18.1 Å². The Kier molecular flexibility index (Phi) is 6.16. The molecule has 5 nitrogen and oxygen atoms in total. The van der Waals surface area contributed by atoms with Crippen molar-refractivity contribution >= 4 is 47.4 Å². The van der Waals surface area contributed by atoms with E-state index in [4.69, 9.17) is 11.6 Å². The number of hydrogen-bond donors (Lipinski definition) is 0. The molecule has 130 valence electrons. The maximum absolute atomic E-state index is 13.0. The van der Waals surface area contributed by atoms with Gasteiger partial charge < -0.3 is 0 Å². The molecule has 1 heterocycles. The van der Waals surface area contributed by atoms with Gasteiger partial charge in [0.15, 0.2) is 9.84 Å². The Morgan fingerprint density at radius 3 is 2.61 bits per heavy atom. The summed E-state index contributed by atoms with van der Waals surface area (Å²) in [4.78, 5) is 0.0165. The number of rotatable bonds is 6. The van der Waals surface area contributed by atoms with E-state index in [1.165, 1.54) is 16.4 Å². The molecule has 9 heteroatoms. The van der Waals surface area contributed by atoms with Crippen LogP contribution < -0.4 is 0 Å². The molecule has 0 spiro atoms. The van der Waals surface area contributed by atoms with Crippen molar-refractivity contribution in [3.05, 3.63) is 27.7 Å². The Morgan fingerprint density at radius 1 is 1.39 bits per heavy atom. The van der Waals surface area contributed by atoms with Gasteiger partial charge in [0.05, 0.1) is 16.5 Å². The number of nitrogens with zero attached hydrogens (tertiary/aromatic N) is 1. The van der Waals surface area contributed by atoms with Gasteiger partial charge in [0.2, 0.25) is 10.0 Å². The summed E-state index contributed by atoms with van der Waals surface area (Å²) in [6, 6.07) is 4.07. The average molecular weight is 445 g/mol. The zero-order chi connectivity index (χ0) is 17.3. The summed E-state index contributed by atoms with van der Waals surface area (Å²) in [5.41, 5.74) is 0. The van der Waals surface area contributed by atoms with E-state index in [9.17, 15) is 16.8 Å². The van der Waals surface area contributed by atoms with E-state index in [2.05, 4.69) is 15.9 Å². The Morgan fingerprint density at radius 2 is 2.09 bits per heavy atom.